The lowest BCUT2D eigenvalue weighted by molar-refractivity contribution is -0.124. The Morgan fingerprint density at radius 1 is 1.62 bits per heavy atom. The molecule has 1 amide bonds. The van der Waals surface area contributed by atoms with Gasteiger partial charge in [-0.15, -0.1) is 11.3 Å². The van der Waals surface area contributed by atoms with E-state index in [1.165, 1.54) is 7.11 Å². The fraction of sp³-hybridized carbons (Fsp3) is 0.636. The molecule has 0 aromatic carbocycles. The van der Waals surface area contributed by atoms with E-state index < -0.39 is 0 Å². The van der Waals surface area contributed by atoms with Crippen molar-refractivity contribution in [1.29, 1.82) is 0 Å². The molecule has 1 N–H and O–H groups in total. The molecule has 0 aliphatic carbocycles. The standard InChI is InChI=1S/C11H18N2O2S/c1-8(2)9-7-16-11(13-9)4-5-12-10(14)6-15-3/h7-8H,4-6H2,1-3H3,(H,12,14). The molecule has 16 heavy (non-hydrogen) atoms. The second-order valence-corrected chi connectivity index (χ2v) is 4.80. The molecule has 0 fully saturated rings. The number of amides is 1. The summed E-state index contributed by atoms with van der Waals surface area (Å²) in [4.78, 5) is 15.6. The number of ether oxygens (including phenoxy) is 1. The highest BCUT2D eigenvalue weighted by molar-refractivity contribution is 7.09. The smallest absolute Gasteiger partial charge is 0.245 e. The third-order valence-corrected chi connectivity index (χ3v) is 3.02. The Morgan fingerprint density at radius 2 is 2.38 bits per heavy atom. The van der Waals surface area contributed by atoms with E-state index in [2.05, 4.69) is 29.5 Å². The fourth-order valence-electron chi connectivity index (χ4n) is 1.20. The molecule has 0 saturated carbocycles. The monoisotopic (exact) mass is 242 g/mol. The van der Waals surface area contributed by atoms with E-state index in [0.29, 0.717) is 12.5 Å². The number of nitrogens with zero attached hydrogens (tertiary/aromatic N) is 1. The first-order valence-corrected chi connectivity index (χ1v) is 6.21. The van der Waals surface area contributed by atoms with Crippen LogP contribution in [0, 0.1) is 0 Å². The maximum Gasteiger partial charge on any atom is 0.245 e. The minimum Gasteiger partial charge on any atom is -0.375 e. The van der Waals surface area contributed by atoms with Crippen molar-refractivity contribution in [2.24, 2.45) is 0 Å². The minimum absolute atomic E-state index is 0.0804. The van der Waals surface area contributed by atoms with Crippen molar-refractivity contribution in [1.82, 2.24) is 10.3 Å². The average molecular weight is 242 g/mol. The van der Waals surface area contributed by atoms with Crippen LogP contribution in [-0.4, -0.2) is 31.2 Å². The van der Waals surface area contributed by atoms with Gasteiger partial charge in [0, 0.05) is 25.5 Å². The Labute approximate surface area is 100 Å². The third-order valence-electron chi connectivity index (χ3n) is 2.10. The van der Waals surface area contributed by atoms with Crippen molar-refractivity contribution in [3.8, 4) is 0 Å². The molecular formula is C11H18N2O2S. The molecule has 0 unspecified atom stereocenters. The van der Waals surface area contributed by atoms with Gasteiger partial charge in [0.2, 0.25) is 5.91 Å². The van der Waals surface area contributed by atoms with Crippen molar-refractivity contribution in [3.05, 3.63) is 16.1 Å². The first-order valence-electron chi connectivity index (χ1n) is 5.33. The number of rotatable bonds is 6. The Kier molecular flexibility index (Phi) is 5.42. The van der Waals surface area contributed by atoms with E-state index in [-0.39, 0.29) is 12.5 Å². The number of hydrogen-bond acceptors (Lipinski definition) is 4. The van der Waals surface area contributed by atoms with Crippen LogP contribution in [0.1, 0.15) is 30.5 Å². The summed E-state index contributed by atoms with van der Waals surface area (Å²) < 4.78 is 4.72. The maximum atomic E-state index is 11.1. The van der Waals surface area contributed by atoms with Crippen molar-refractivity contribution >= 4 is 17.2 Å². The van der Waals surface area contributed by atoms with Crippen LogP contribution in [0.5, 0.6) is 0 Å². The zero-order valence-corrected chi connectivity index (χ0v) is 10.8. The highest BCUT2D eigenvalue weighted by Gasteiger charge is 2.06. The van der Waals surface area contributed by atoms with Crippen LogP contribution in [0.25, 0.3) is 0 Å². The first-order chi connectivity index (χ1) is 7.63. The summed E-state index contributed by atoms with van der Waals surface area (Å²) in [5.74, 6) is 0.385. The number of nitrogens with one attached hydrogen (secondary N) is 1. The van der Waals surface area contributed by atoms with Crippen LogP contribution in [0.2, 0.25) is 0 Å². The van der Waals surface area contributed by atoms with E-state index >= 15 is 0 Å². The summed E-state index contributed by atoms with van der Waals surface area (Å²) in [6, 6.07) is 0. The van der Waals surface area contributed by atoms with Gasteiger partial charge in [-0.2, -0.15) is 0 Å². The van der Waals surface area contributed by atoms with Gasteiger partial charge in [0.05, 0.1) is 10.7 Å². The molecule has 5 heteroatoms. The van der Waals surface area contributed by atoms with E-state index in [1.54, 1.807) is 11.3 Å². The van der Waals surface area contributed by atoms with Crippen molar-refractivity contribution in [2.75, 3.05) is 20.3 Å². The van der Waals surface area contributed by atoms with E-state index in [1.807, 2.05) is 0 Å². The van der Waals surface area contributed by atoms with Crippen LogP contribution in [0.3, 0.4) is 0 Å². The molecular weight excluding hydrogens is 224 g/mol. The molecule has 0 aliphatic heterocycles. The van der Waals surface area contributed by atoms with E-state index in [0.717, 1.165) is 17.1 Å². The number of methoxy groups -OCH3 is 1. The predicted molar refractivity (Wildman–Crippen MR) is 64.8 cm³/mol. The second kappa shape index (κ2) is 6.60. The highest BCUT2D eigenvalue weighted by atomic mass is 32.1. The average Bonchev–Trinajstić information content (AvgIpc) is 2.67. The Hall–Kier alpha value is -0.940. The summed E-state index contributed by atoms with van der Waals surface area (Å²) in [5.41, 5.74) is 1.13. The molecule has 0 spiro atoms. The molecule has 1 aromatic rings. The van der Waals surface area contributed by atoms with Gasteiger partial charge in [-0.05, 0) is 5.92 Å². The zero-order chi connectivity index (χ0) is 12.0. The largest absolute Gasteiger partial charge is 0.375 e. The Morgan fingerprint density at radius 3 is 2.94 bits per heavy atom. The van der Waals surface area contributed by atoms with Gasteiger partial charge in [0.25, 0.3) is 0 Å². The van der Waals surface area contributed by atoms with Crippen molar-refractivity contribution in [2.45, 2.75) is 26.2 Å². The molecule has 1 aromatic heterocycles. The highest BCUT2D eigenvalue weighted by Crippen LogP contribution is 2.17. The zero-order valence-electron chi connectivity index (χ0n) is 9.95. The van der Waals surface area contributed by atoms with Gasteiger partial charge >= 0.3 is 0 Å². The molecule has 1 rings (SSSR count). The van der Waals surface area contributed by atoms with E-state index in [4.69, 9.17) is 4.74 Å². The summed E-state index contributed by atoms with van der Waals surface area (Å²) in [6.07, 6.45) is 0.785. The number of carbonyl (C=O) groups excluding carboxylic acids is 1. The van der Waals surface area contributed by atoms with Gasteiger partial charge in [-0.1, -0.05) is 13.8 Å². The number of carbonyl (C=O) groups is 1. The normalized spacial score (nSPS) is 10.8. The van der Waals surface area contributed by atoms with Gasteiger partial charge < -0.3 is 10.1 Å². The van der Waals surface area contributed by atoms with E-state index in [9.17, 15) is 4.79 Å². The first kappa shape index (κ1) is 13.1. The van der Waals surface area contributed by atoms with Crippen LogP contribution in [-0.2, 0) is 16.0 Å². The summed E-state index contributed by atoms with van der Waals surface area (Å²) >= 11 is 1.65. The van der Waals surface area contributed by atoms with Gasteiger partial charge in [-0.3, -0.25) is 4.79 Å². The van der Waals surface area contributed by atoms with Crippen LogP contribution < -0.4 is 5.32 Å². The number of hydrogen-bond donors (Lipinski definition) is 1. The quantitative estimate of drug-likeness (QED) is 0.824. The molecule has 0 radical (unpaired) electrons. The van der Waals surface area contributed by atoms with Crippen LogP contribution >= 0.6 is 11.3 Å². The molecule has 4 nitrogen and oxygen atoms in total. The lowest BCUT2D eigenvalue weighted by Crippen LogP contribution is -2.28. The SMILES string of the molecule is COCC(=O)NCCc1nc(C(C)C)cs1. The number of thiazole rings is 1. The van der Waals surface area contributed by atoms with Crippen molar-refractivity contribution < 1.29 is 9.53 Å². The Balaban J connectivity index is 2.29. The summed E-state index contributed by atoms with van der Waals surface area (Å²) in [6.45, 7) is 4.99. The lowest BCUT2D eigenvalue weighted by Gasteiger charge is -2.02. The van der Waals surface area contributed by atoms with Crippen molar-refractivity contribution in [3.63, 3.8) is 0 Å². The Bertz CT molecular complexity index is 336. The van der Waals surface area contributed by atoms with Crippen LogP contribution in [0.4, 0.5) is 0 Å². The lowest BCUT2D eigenvalue weighted by atomic mass is 10.2. The summed E-state index contributed by atoms with van der Waals surface area (Å²) in [7, 11) is 1.51. The molecule has 0 bridgehead atoms. The third kappa shape index (κ3) is 4.28. The molecule has 1 heterocycles. The van der Waals surface area contributed by atoms with Gasteiger partial charge in [-0.25, -0.2) is 4.98 Å². The predicted octanol–water partition coefficient (Wildman–Crippen LogP) is 1.57. The van der Waals surface area contributed by atoms with Gasteiger partial charge in [0.15, 0.2) is 0 Å². The molecule has 0 saturated heterocycles. The van der Waals surface area contributed by atoms with Gasteiger partial charge in [0.1, 0.15) is 6.61 Å². The molecule has 90 valence electrons. The second-order valence-electron chi connectivity index (χ2n) is 3.85. The summed E-state index contributed by atoms with van der Waals surface area (Å²) in [5, 5.41) is 5.92. The maximum absolute atomic E-state index is 11.1. The fourth-order valence-corrected chi connectivity index (χ4v) is 2.16. The molecule has 0 atom stereocenters. The minimum atomic E-state index is -0.0804. The number of aromatic nitrogens is 1. The molecule has 0 aliphatic rings. The van der Waals surface area contributed by atoms with Crippen LogP contribution in [0.15, 0.2) is 5.38 Å². The topological polar surface area (TPSA) is 51.2 Å².